The van der Waals surface area contributed by atoms with E-state index in [-0.39, 0.29) is 5.56 Å². The van der Waals surface area contributed by atoms with Gasteiger partial charge in [0.2, 0.25) is 0 Å². The molecule has 0 atom stereocenters. The first-order chi connectivity index (χ1) is 7.15. The van der Waals surface area contributed by atoms with E-state index in [1.807, 2.05) is 0 Å². The summed E-state index contributed by atoms with van der Waals surface area (Å²) in [5, 5.41) is 3.18. The van der Waals surface area contributed by atoms with Crippen molar-refractivity contribution in [2.75, 3.05) is 13.1 Å². The molecule has 0 spiro atoms. The molecule has 0 unspecified atom stereocenters. The molecule has 1 aromatic rings. The number of aromatic nitrogens is 2. The third-order valence-electron chi connectivity index (χ3n) is 2.60. The fourth-order valence-electron chi connectivity index (χ4n) is 1.73. The molecule has 0 saturated carbocycles. The van der Waals surface area contributed by atoms with Crippen LogP contribution in [-0.2, 0) is 6.42 Å². The van der Waals surface area contributed by atoms with Crippen LogP contribution in [0, 0.1) is 5.92 Å². The first kappa shape index (κ1) is 10.4. The molecular formula is C11H17N3O. The summed E-state index contributed by atoms with van der Waals surface area (Å²) in [5.74, 6) is 1.77. The van der Waals surface area contributed by atoms with E-state index in [1.54, 1.807) is 6.07 Å². The number of hydrogen-bond acceptors (Lipinski definition) is 3. The van der Waals surface area contributed by atoms with Crippen molar-refractivity contribution in [2.45, 2.75) is 26.2 Å². The summed E-state index contributed by atoms with van der Waals surface area (Å²) in [6, 6.07) is 1.61. The topological polar surface area (TPSA) is 57.8 Å². The van der Waals surface area contributed by atoms with Gasteiger partial charge >= 0.3 is 0 Å². The van der Waals surface area contributed by atoms with Crippen LogP contribution in [-0.4, -0.2) is 23.1 Å². The summed E-state index contributed by atoms with van der Waals surface area (Å²) in [6.07, 6.45) is 0.872. The highest BCUT2D eigenvalue weighted by Gasteiger charge is 2.21. The maximum absolute atomic E-state index is 11.4. The average molecular weight is 207 g/mol. The maximum Gasteiger partial charge on any atom is 0.251 e. The van der Waals surface area contributed by atoms with E-state index in [0.29, 0.717) is 11.8 Å². The molecule has 15 heavy (non-hydrogen) atoms. The number of nitrogens with zero attached hydrogens (tertiary/aromatic N) is 1. The van der Waals surface area contributed by atoms with E-state index in [4.69, 9.17) is 0 Å². The van der Waals surface area contributed by atoms with Gasteiger partial charge in [-0.2, -0.15) is 0 Å². The Morgan fingerprint density at radius 1 is 1.53 bits per heavy atom. The minimum absolute atomic E-state index is 0.0254. The highest BCUT2D eigenvalue weighted by molar-refractivity contribution is 5.09. The van der Waals surface area contributed by atoms with Crippen molar-refractivity contribution in [3.8, 4) is 0 Å². The standard InChI is InChI=1S/C11H17N3O/c1-7(2)3-9-4-10(15)14-11(13-9)8-5-12-6-8/h4,7-8,12H,3,5-6H2,1-2H3,(H,13,14,15). The van der Waals surface area contributed by atoms with E-state index in [0.717, 1.165) is 31.0 Å². The van der Waals surface area contributed by atoms with E-state index in [2.05, 4.69) is 29.1 Å². The first-order valence-electron chi connectivity index (χ1n) is 5.46. The Labute approximate surface area is 89.1 Å². The van der Waals surface area contributed by atoms with Gasteiger partial charge in [0.05, 0.1) is 0 Å². The minimum Gasteiger partial charge on any atom is -0.315 e. The monoisotopic (exact) mass is 207 g/mol. The zero-order chi connectivity index (χ0) is 10.8. The Kier molecular flexibility index (Phi) is 2.86. The lowest BCUT2D eigenvalue weighted by atomic mass is 10.0. The van der Waals surface area contributed by atoms with Crippen LogP contribution in [0.3, 0.4) is 0 Å². The third-order valence-corrected chi connectivity index (χ3v) is 2.60. The molecule has 0 aliphatic carbocycles. The van der Waals surface area contributed by atoms with Crippen LogP contribution in [0.4, 0.5) is 0 Å². The predicted molar refractivity (Wildman–Crippen MR) is 59.0 cm³/mol. The summed E-state index contributed by atoms with van der Waals surface area (Å²) >= 11 is 0. The van der Waals surface area contributed by atoms with Crippen molar-refractivity contribution in [1.82, 2.24) is 15.3 Å². The van der Waals surface area contributed by atoms with Crippen LogP contribution >= 0.6 is 0 Å². The molecule has 1 aliphatic rings. The van der Waals surface area contributed by atoms with Crippen LogP contribution in [0.15, 0.2) is 10.9 Å². The maximum atomic E-state index is 11.4. The van der Waals surface area contributed by atoms with Crippen molar-refractivity contribution in [3.63, 3.8) is 0 Å². The Bertz CT molecular complexity index is 393. The molecule has 4 heteroatoms. The summed E-state index contributed by atoms with van der Waals surface area (Å²) in [5.41, 5.74) is 0.887. The summed E-state index contributed by atoms with van der Waals surface area (Å²) < 4.78 is 0. The van der Waals surface area contributed by atoms with Gasteiger partial charge in [0.25, 0.3) is 5.56 Å². The molecule has 1 aliphatic heterocycles. The predicted octanol–water partition coefficient (Wildman–Crippen LogP) is 0.655. The molecule has 1 fully saturated rings. The molecule has 2 N–H and O–H groups in total. The SMILES string of the molecule is CC(C)Cc1cc(=O)[nH]c(C2CNC2)n1. The quantitative estimate of drug-likeness (QED) is 0.765. The molecule has 0 radical (unpaired) electrons. The third kappa shape index (κ3) is 2.45. The van der Waals surface area contributed by atoms with Crippen molar-refractivity contribution in [3.05, 3.63) is 27.9 Å². The Morgan fingerprint density at radius 3 is 2.80 bits per heavy atom. The fraction of sp³-hybridized carbons (Fsp3) is 0.636. The van der Waals surface area contributed by atoms with Gasteiger partial charge in [0.15, 0.2) is 0 Å². The number of nitrogens with one attached hydrogen (secondary N) is 2. The van der Waals surface area contributed by atoms with Crippen molar-refractivity contribution in [1.29, 1.82) is 0 Å². The van der Waals surface area contributed by atoms with Crippen molar-refractivity contribution < 1.29 is 0 Å². The van der Waals surface area contributed by atoms with Crippen LogP contribution in [0.5, 0.6) is 0 Å². The molecule has 2 rings (SSSR count). The van der Waals surface area contributed by atoms with Crippen molar-refractivity contribution >= 4 is 0 Å². The largest absolute Gasteiger partial charge is 0.315 e. The molecule has 1 saturated heterocycles. The van der Waals surface area contributed by atoms with Gasteiger partial charge in [-0.25, -0.2) is 4.98 Å². The number of H-pyrrole nitrogens is 1. The average Bonchev–Trinajstić information content (AvgIpc) is 1.96. The van der Waals surface area contributed by atoms with Crippen molar-refractivity contribution in [2.24, 2.45) is 5.92 Å². The molecule has 0 bridgehead atoms. The molecule has 4 nitrogen and oxygen atoms in total. The van der Waals surface area contributed by atoms with E-state index < -0.39 is 0 Å². The normalized spacial score (nSPS) is 16.7. The van der Waals surface area contributed by atoms with Gasteiger partial charge in [-0.1, -0.05) is 13.8 Å². The molecule has 0 amide bonds. The zero-order valence-electron chi connectivity index (χ0n) is 9.21. The van der Waals surface area contributed by atoms with Crippen LogP contribution < -0.4 is 10.9 Å². The van der Waals surface area contributed by atoms with Gasteiger partial charge in [-0.15, -0.1) is 0 Å². The molecular weight excluding hydrogens is 190 g/mol. The molecule has 82 valence electrons. The molecule has 0 aromatic carbocycles. The number of aromatic amines is 1. The zero-order valence-corrected chi connectivity index (χ0v) is 9.21. The summed E-state index contributed by atoms with van der Waals surface area (Å²) in [4.78, 5) is 18.7. The van der Waals surface area contributed by atoms with Gasteiger partial charge in [-0.3, -0.25) is 4.79 Å². The second-order valence-electron chi connectivity index (χ2n) is 4.58. The summed E-state index contributed by atoms with van der Waals surface area (Å²) in [7, 11) is 0. The second kappa shape index (κ2) is 4.14. The highest BCUT2D eigenvalue weighted by Crippen LogP contribution is 2.15. The van der Waals surface area contributed by atoms with Gasteiger partial charge in [-0.05, 0) is 12.3 Å². The smallest absolute Gasteiger partial charge is 0.251 e. The highest BCUT2D eigenvalue weighted by atomic mass is 16.1. The Balaban J connectivity index is 2.23. The van der Waals surface area contributed by atoms with E-state index in [1.165, 1.54) is 0 Å². The Hall–Kier alpha value is -1.16. The van der Waals surface area contributed by atoms with Gasteiger partial charge < -0.3 is 10.3 Å². The number of rotatable bonds is 3. The lowest BCUT2D eigenvalue weighted by molar-refractivity contribution is 0.427. The second-order valence-corrected chi connectivity index (χ2v) is 4.58. The lowest BCUT2D eigenvalue weighted by Gasteiger charge is -2.26. The summed E-state index contributed by atoms with van der Waals surface area (Å²) in [6.45, 7) is 6.11. The van der Waals surface area contributed by atoms with Gasteiger partial charge in [0, 0.05) is 30.8 Å². The minimum atomic E-state index is -0.0254. The van der Waals surface area contributed by atoms with E-state index in [9.17, 15) is 4.79 Å². The van der Waals surface area contributed by atoms with E-state index >= 15 is 0 Å². The van der Waals surface area contributed by atoms with Crippen LogP contribution in [0.1, 0.15) is 31.3 Å². The number of hydrogen-bond donors (Lipinski definition) is 2. The molecule has 2 heterocycles. The Morgan fingerprint density at radius 2 is 2.27 bits per heavy atom. The lowest BCUT2D eigenvalue weighted by Crippen LogP contribution is -2.41. The molecule has 1 aromatic heterocycles. The van der Waals surface area contributed by atoms with Gasteiger partial charge in [0.1, 0.15) is 5.82 Å². The first-order valence-corrected chi connectivity index (χ1v) is 5.46. The fourth-order valence-corrected chi connectivity index (χ4v) is 1.73. The van der Waals surface area contributed by atoms with Crippen LogP contribution in [0.2, 0.25) is 0 Å². The van der Waals surface area contributed by atoms with Crippen LogP contribution in [0.25, 0.3) is 0 Å².